The molecular weight excluding hydrogens is 534 g/mol. The number of ether oxygens (including phenoxy) is 1. The molecule has 2 fully saturated rings. The predicted molar refractivity (Wildman–Crippen MR) is 170 cm³/mol. The molecule has 2 aromatic rings. The summed E-state index contributed by atoms with van der Waals surface area (Å²) in [5.74, 6) is 1.55. The van der Waals surface area contributed by atoms with Gasteiger partial charge >= 0.3 is 0 Å². The summed E-state index contributed by atoms with van der Waals surface area (Å²) in [4.78, 5) is 22.9. The standard InChI is InChI=1S/C33H50ClN5O2/c1-33(2,25-36(3)4)24-35-32(40)14-13-27-23-37(22-26-9-8-10-28(34)21-26)16-15-29(27)38-17-19-39(20-18-38)30-11-6-7-12-31(30)41-5/h6-12,21,27,29H,13-20,22-25H2,1-5H3,(H,35,40)/t27-,29+/m0/s1. The van der Waals surface area contributed by atoms with E-state index in [0.717, 1.165) is 76.0 Å². The number of piperazine rings is 1. The van der Waals surface area contributed by atoms with Crippen LogP contribution in [0.4, 0.5) is 5.69 Å². The van der Waals surface area contributed by atoms with Crippen LogP contribution >= 0.6 is 11.6 Å². The molecule has 1 N–H and O–H groups in total. The van der Waals surface area contributed by atoms with E-state index in [1.54, 1.807) is 7.11 Å². The molecule has 2 heterocycles. The second-order valence-electron chi connectivity index (χ2n) is 12.9. The summed E-state index contributed by atoms with van der Waals surface area (Å²) in [6, 6.07) is 17.0. The van der Waals surface area contributed by atoms with Crippen molar-refractivity contribution >= 4 is 23.2 Å². The number of carbonyl (C=O) groups excluding carboxylic acids is 1. The van der Waals surface area contributed by atoms with Crippen LogP contribution < -0.4 is 15.0 Å². The third kappa shape index (κ3) is 9.34. The highest BCUT2D eigenvalue weighted by Gasteiger charge is 2.35. The Morgan fingerprint density at radius 1 is 1.07 bits per heavy atom. The van der Waals surface area contributed by atoms with Crippen molar-refractivity contribution in [3.63, 3.8) is 0 Å². The van der Waals surface area contributed by atoms with Crippen LogP contribution in [0, 0.1) is 11.3 Å². The summed E-state index contributed by atoms with van der Waals surface area (Å²) in [7, 11) is 5.91. The van der Waals surface area contributed by atoms with Gasteiger partial charge in [0.25, 0.3) is 0 Å². The zero-order valence-electron chi connectivity index (χ0n) is 25.7. The van der Waals surface area contributed by atoms with Gasteiger partial charge in [0.2, 0.25) is 5.91 Å². The van der Waals surface area contributed by atoms with E-state index in [-0.39, 0.29) is 11.3 Å². The Kier molecular flexibility index (Phi) is 11.4. The van der Waals surface area contributed by atoms with Crippen LogP contribution in [0.15, 0.2) is 48.5 Å². The maximum atomic E-state index is 13.0. The molecule has 0 saturated carbocycles. The molecule has 0 aliphatic carbocycles. The molecule has 2 saturated heterocycles. The second kappa shape index (κ2) is 14.7. The summed E-state index contributed by atoms with van der Waals surface area (Å²) in [6.45, 7) is 13.0. The molecule has 41 heavy (non-hydrogen) atoms. The topological polar surface area (TPSA) is 51.3 Å². The summed E-state index contributed by atoms with van der Waals surface area (Å²) >= 11 is 6.28. The van der Waals surface area contributed by atoms with Gasteiger partial charge in [0.1, 0.15) is 5.75 Å². The lowest BCUT2D eigenvalue weighted by Crippen LogP contribution is -2.56. The van der Waals surface area contributed by atoms with E-state index in [4.69, 9.17) is 16.3 Å². The van der Waals surface area contributed by atoms with Gasteiger partial charge in [-0.25, -0.2) is 0 Å². The number of nitrogens with zero attached hydrogens (tertiary/aromatic N) is 4. The number of halogens is 1. The normalized spacial score (nSPS) is 20.8. The van der Waals surface area contributed by atoms with E-state index < -0.39 is 0 Å². The van der Waals surface area contributed by atoms with Crippen molar-refractivity contribution in [2.24, 2.45) is 11.3 Å². The summed E-state index contributed by atoms with van der Waals surface area (Å²) < 4.78 is 5.63. The van der Waals surface area contributed by atoms with Crippen molar-refractivity contribution in [1.82, 2.24) is 20.0 Å². The number of carbonyl (C=O) groups is 1. The minimum absolute atomic E-state index is 0.0431. The first-order chi connectivity index (χ1) is 19.6. The lowest BCUT2D eigenvalue weighted by atomic mass is 9.86. The lowest BCUT2D eigenvalue weighted by molar-refractivity contribution is -0.122. The van der Waals surface area contributed by atoms with Gasteiger partial charge in [-0.05, 0) is 74.6 Å². The van der Waals surface area contributed by atoms with Gasteiger partial charge in [0, 0.05) is 69.8 Å². The third-order valence-electron chi connectivity index (χ3n) is 8.53. The minimum atomic E-state index is 0.0431. The number of hydrogen-bond donors (Lipinski definition) is 1. The van der Waals surface area contributed by atoms with Gasteiger partial charge in [0.05, 0.1) is 12.8 Å². The Morgan fingerprint density at radius 3 is 2.54 bits per heavy atom. The molecule has 7 nitrogen and oxygen atoms in total. The monoisotopic (exact) mass is 583 g/mol. The quantitative estimate of drug-likeness (QED) is 0.386. The average molecular weight is 584 g/mol. The van der Waals surface area contributed by atoms with Crippen molar-refractivity contribution in [3.8, 4) is 5.75 Å². The molecule has 0 unspecified atom stereocenters. The molecule has 2 atom stereocenters. The van der Waals surface area contributed by atoms with Crippen LogP contribution in [0.25, 0.3) is 0 Å². The van der Waals surface area contributed by atoms with Crippen molar-refractivity contribution in [2.45, 2.75) is 45.7 Å². The van der Waals surface area contributed by atoms with Gasteiger partial charge < -0.3 is 19.9 Å². The molecule has 226 valence electrons. The minimum Gasteiger partial charge on any atom is -0.495 e. The highest BCUT2D eigenvalue weighted by Crippen LogP contribution is 2.32. The molecule has 1 amide bonds. The molecule has 2 aromatic carbocycles. The zero-order chi connectivity index (χ0) is 29.4. The van der Waals surface area contributed by atoms with Crippen LogP contribution in [0.1, 0.15) is 38.7 Å². The molecule has 4 rings (SSSR count). The fourth-order valence-electron chi connectivity index (χ4n) is 6.74. The highest BCUT2D eigenvalue weighted by atomic mass is 35.5. The Balaban J connectivity index is 1.38. The number of anilines is 1. The maximum Gasteiger partial charge on any atom is 0.220 e. The molecular formula is C33H50ClN5O2. The fourth-order valence-corrected chi connectivity index (χ4v) is 6.95. The van der Waals surface area contributed by atoms with Crippen LogP contribution in [0.3, 0.4) is 0 Å². The smallest absolute Gasteiger partial charge is 0.220 e. The maximum absolute atomic E-state index is 13.0. The van der Waals surface area contributed by atoms with Gasteiger partial charge in [-0.2, -0.15) is 0 Å². The van der Waals surface area contributed by atoms with Gasteiger partial charge in [-0.3, -0.25) is 14.6 Å². The highest BCUT2D eigenvalue weighted by molar-refractivity contribution is 6.30. The van der Waals surface area contributed by atoms with Crippen LogP contribution in [0.2, 0.25) is 5.02 Å². The zero-order valence-corrected chi connectivity index (χ0v) is 26.5. The number of piperidine rings is 1. The van der Waals surface area contributed by atoms with Gasteiger partial charge in [0.15, 0.2) is 0 Å². The summed E-state index contributed by atoms with van der Waals surface area (Å²) in [5.41, 5.74) is 2.47. The first-order valence-electron chi connectivity index (χ1n) is 15.1. The van der Waals surface area contributed by atoms with E-state index in [1.807, 2.05) is 24.3 Å². The number of rotatable bonds is 12. The van der Waals surface area contributed by atoms with E-state index in [0.29, 0.717) is 24.9 Å². The molecule has 0 spiro atoms. The molecule has 0 radical (unpaired) electrons. The predicted octanol–water partition coefficient (Wildman–Crippen LogP) is 4.85. The largest absolute Gasteiger partial charge is 0.495 e. The summed E-state index contributed by atoms with van der Waals surface area (Å²) in [5, 5.41) is 4.02. The molecule has 2 aliphatic rings. The van der Waals surface area contributed by atoms with Crippen molar-refractivity contribution in [3.05, 3.63) is 59.1 Å². The molecule has 2 aliphatic heterocycles. The van der Waals surface area contributed by atoms with Gasteiger partial charge in [-0.15, -0.1) is 0 Å². The number of likely N-dealkylation sites (tertiary alicyclic amines) is 1. The molecule has 8 heteroatoms. The average Bonchev–Trinajstić information content (AvgIpc) is 2.94. The van der Waals surface area contributed by atoms with Crippen LogP contribution in [-0.2, 0) is 11.3 Å². The number of benzene rings is 2. The first kappa shape index (κ1) is 31.6. The Morgan fingerprint density at radius 2 is 1.83 bits per heavy atom. The number of hydrogen-bond acceptors (Lipinski definition) is 6. The lowest BCUT2D eigenvalue weighted by Gasteiger charge is -2.47. The molecule has 0 aromatic heterocycles. The summed E-state index contributed by atoms with van der Waals surface area (Å²) in [6.07, 6.45) is 2.60. The Hall–Kier alpha value is -2.32. The Labute approximate surface area is 252 Å². The van der Waals surface area contributed by atoms with Crippen LogP contribution in [-0.4, -0.2) is 100 Å². The van der Waals surface area contributed by atoms with Gasteiger partial charge in [-0.1, -0.05) is 49.7 Å². The van der Waals surface area contributed by atoms with E-state index in [2.05, 4.69) is 77.1 Å². The number of amides is 1. The van der Waals surface area contributed by atoms with E-state index >= 15 is 0 Å². The van der Waals surface area contributed by atoms with Crippen molar-refractivity contribution < 1.29 is 9.53 Å². The fraction of sp³-hybridized carbons (Fsp3) is 0.606. The number of methoxy groups -OCH3 is 1. The van der Waals surface area contributed by atoms with E-state index in [1.165, 1.54) is 11.3 Å². The van der Waals surface area contributed by atoms with Crippen molar-refractivity contribution in [1.29, 1.82) is 0 Å². The SMILES string of the molecule is COc1ccccc1N1CCN([C@@H]2CCN(Cc3cccc(Cl)c3)C[C@@H]2CCC(=O)NCC(C)(C)CN(C)C)CC1. The second-order valence-corrected chi connectivity index (χ2v) is 13.3. The van der Waals surface area contributed by atoms with Crippen LogP contribution in [0.5, 0.6) is 5.75 Å². The molecule has 0 bridgehead atoms. The number of nitrogens with one attached hydrogen (secondary N) is 1. The number of para-hydroxylation sites is 2. The van der Waals surface area contributed by atoms with E-state index in [9.17, 15) is 4.79 Å². The Bertz CT molecular complexity index is 1120. The first-order valence-corrected chi connectivity index (χ1v) is 15.5. The van der Waals surface area contributed by atoms with Crippen molar-refractivity contribution in [2.75, 3.05) is 78.5 Å². The third-order valence-corrected chi connectivity index (χ3v) is 8.77.